The van der Waals surface area contributed by atoms with Crippen molar-refractivity contribution in [2.45, 2.75) is 0 Å². The summed E-state index contributed by atoms with van der Waals surface area (Å²) in [4.78, 5) is 0. The van der Waals surface area contributed by atoms with Crippen molar-refractivity contribution in [1.29, 1.82) is 0 Å². The van der Waals surface area contributed by atoms with Crippen molar-refractivity contribution in [1.82, 2.24) is 9.13 Å². The Morgan fingerprint density at radius 2 is 0.913 bits per heavy atom. The fraction of sp³-hybridized carbons (Fsp3) is 0. The molecule has 0 bridgehead atoms. The van der Waals surface area contributed by atoms with Gasteiger partial charge in [0, 0.05) is 32.6 Å². The summed E-state index contributed by atoms with van der Waals surface area (Å²) in [5.41, 5.74) is 9.71. The van der Waals surface area contributed by atoms with Gasteiger partial charge in [-0.05, 0) is 63.7 Å². The smallest absolute Gasteiger partial charge is 0.0641 e. The minimum atomic E-state index is 1.15. The van der Waals surface area contributed by atoms with Crippen LogP contribution in [0.3, 0.4) is 0 Å². The summed E-state index contributed by atoms with van der Waals surface area (Å²) in [6.45, 7) is 0. The fourth-order valence-corrected chi connectivity index (χ4v) is 7.71. The van der Waals surface area contributed by atoms with Gasteiger partial charge in [-0.15, -0.1) is 0 Å². The van der Waals surface area contributed by atoms with Gasteiger partial charge in [0.05, 0.1) is 27.8 Å². The summed E-state index contributed by atoms with van der Waals surface area (Å²) >= 11 is 0. The SMILES string of the molecule is c1ccc2c(-c3ccc(-n4c5ccccc5c5c4ccc4c6ccccc6n(-c6cccc7ccccc67)c45)cc3)cccc2c1. The van der Waals surface area contributed by atoms with E-state index >= 15 is 0 Å². The largest absolute Gasteiger partial charge is 0.309 e. The van der Waals surface area contributed by atoms with Crippen molar-refractivity contribution in [3.05, 3.63) is 170 Å². The molecule has 0 saturated heterocycles. The van der Waals surface area contributed by atoms with E-state index in [-0.39, 0.29) is 0 Å². The van der Waals surface area contributed by atoms with Crippen molar-refractivity contribution >= 4 is 65.2 Å². The second-order valence-electron chi connectivity index (χ2n) is 12.1. The molecule has 10 rings (SSSR count). The summed E-state index contributed by atoms with van der Waals surface area (Å²) in [5.74, 6) is 0. The highest BCUT2D eigenvalue weighted by atomic mass is 15.0. The van der Waals surface area contributed by atoms with Crippen molar-refractivity contribution in [2.24, 2.45) is 0 Å². The van der Waals surface area contributed by atoms with Gasteiger partial charge in [-0.1, -0.05) is 133 Å². The van der Waals surface area contributed by atoms with Crippen molar-refractivity contribution < 1.29 is 0 Å². The second-order valence-corrected chi connectivity index (χ2v) is 12.1. The molecule has 0 fully saturated rings. The topological polar surface area (TPSA) is 9.86 Å². The Morgan fingerprint density at radius 1 is 0.326 bits per heavy atom. The van der Waals surface area contributed by atoms with Gasteiger partial charge in [0.15, 0.2) is 0 Å². The normalized spacial score (nSPS) is 11.9. The molecule has 0 aliphatic carbocycles. The molecule has 0 N–H and O–H groups in total. The lowest BCUT2D eigenvalue weighted by Gasteiger charge is -2.13. The Bertz CT molecular complexity index is 2780. The van der Waals surface area contributed by atoms with Gasteiger partial charge in [-0.3, -0.25) is 0 Å². The molecule has 2 heterocycles. The van der Waals surface area contributed by atoms with Crippen LogP contribution in [-0.2, 0) is 0 Å². The van der Waals surface area contributed by atoms with Gasteiger partial charge < -0.3 is 9.13 Å². The van der Waals surface area contributed by atoms with Crippen molar-refractivity contribution in [3.8, 4) is 22.5 Å². The Morgan fingerprint density at radius 3 is 1.70 bits per heavy atom. The van der Waals surface area contributed by atoms with Crippen LogP contribution in [0, 0.1) is 0 Å². The minimum absolute atomic E-state index is 1.15. The molecule has 2 heteroatoms. The number of benzene rings is 8. The number of aromatic nitrogens is 2. The van der Waals surface area contributed by atoms with Crippen LogP contribution < -0.4 is 0 Å². The van der Waals surface area contributed by atoms with Gasteiger partial charge in [0.2, 0.25) is 0 Å². The maximum atomic E-state index is 2.50. The molecule has 0 amide bonds. The third-order valence-corrected chi connectivity index (χ3v) is 9.70. The van der Waals surface area contributed by atoms with Crippen LogP contribution in [0.1, 0.15) is 0 Å². The molecular weight excluding hydrogens is 556 g/mol. The van der Waals surface area contributed by atoms with E-state index in [4.69, 9.17) is 0 Å². The van der Waals surface area contributed by atoms with Gasteiger partial charge in [0.1, 0.15) is 0 Å². The number of para-hydroxylation sites is 2. The van der Waals surface area contributed by atoms with Crippen molar-refractivity contribution in [2.75, 3.05) is 0 Å². The highest BCUT2D eigenvalue weighted by Crippen LogP contribution is 2.43. The first-order valence-electron chi connectivity index (χ1n) is 15.9. The predicted molar refractivity (Wildman–Crippen MR) is 196 cm³/mol. The number of rotatable bonds is 3. The third-order valence-electron chi connectivity index (χ3n) is 9.70. The molecule has 0 aliphatic heterocycles. The first-order valence-corrected chi connectivity index (χ1v) is 15.9. The average Bonchev–Trinajstić information content (AvgIpc) is 3.64. The zero-order valence-electron chi connectivity index (χ0n) is 25.1. The highest BCUT2D eigenvalue weighted by molar-refractivity contribution is 6.26. The molecule has 8 aromatic carbocycles. The van der Waals surface area contributed by atoms with Crippen LogP contribution in [0.25, 0.3) is 87.7 Å². The lowest BCUT2D eigenvalue weighted by atomic mass is 9.98. The Hall–Kier alpha value is -6.12. The molecule has 0 radical (unpaired) electrons. The van der Waals surface area contributed by atoms with Gasteiger partial charge >= 0.3 is 0 Å². The number of hydrogen-bond acceptors (Lipinski definition) is 0. The monoisotopic (exact) mass is 584 g/mol. The molecule has 0 spiro atoms. The molecule has 2 aromatic heterocycles. The Labute approximate surface area is 266 Å². The predicted octanol–water partition coefficient (Wildman–Crippen LogP) is 11.9. The summed E-state index contributed by atoms with van der Waals surface area (Å²) in [6.07, 6.45) is 0. The Kier molecular flexibility index (Phi) is 5.31. The summed E-state index contributed by atoms with van der Waals surface area (Å²) in [6, 6.07) is 61.9. The number of hydrogen-bond donors (Lipinski definition) is 0. The zero-order valence-corrected chi connectivity index (χ0v) is 25.1. The molecule has 46 heavy (non-hydrogen) atoms. The van der Waals surface area contributed by atoms with Crippen LogP contribution in [0.4, 0.5) is 0 Å². The van der Waals surface area contributed by atoms with Crippen LogP contribution in [0.2, 0.25) is 0 Å². The number of fused-ring (bicyclic) bond motifs is 9. The van der Waals surface area contributed by atoms with Crippen LogP contribution >= 0.6 is 0 Å². The van der Waals surface area contributed by atoms with E-state index in [0.717, 1.165) is 5.69 Å². The first-order chi connectivity index (χ1) is 22.8. The van der Waals surface area contributed by atoms with Gasteiger partial charge in [-0.25, -0.2) is 0 Å². The van der Waals surface area contributed by atoms with Crippen LogP contribution in [-0.4, -0.2) is 9.13 Å². The molecule has 2 nitrogen and oxygen atoms in total. The van der Waals surface area contributed by atoms with Gasteiger partial charge in [-0.2, -0.15) is 0 Å². The lowest BCUT2D eigenvalue weighted by Crippen LogP contribution is -1.96. The maximum absolute atomic E-state index is 2.50. The highest BCUT2D eigenvalue weighted by Gasteiger charge is 2.21. The van der Waals surface area contributed by atoms with Crippen LogP contribution in [0.5, 0.6) is 0 Å². The molecular formula is C44H28N2. The van der Waals surface area contributed by atoms with E-state index in [2.05, 4.69) is 179 Å². The molecule has 0 aliphatic rings. The molecule has 214 valence electrons. The van der Waals surface area contributed by atoms with E-state index in [1.165, 1.54) is 82.0 Å². The molecule has 0 atom stereocenters. The zero-order chi connectivity index (χ0) is 30.2. The molecule has 0 saturated carbocycles. The second kappa shape index (κ2) is 9.69. The lowest BCUT2D eigenvalue weighted by molar-refractivity contribution is 1.18. The standard InChI is InChI=1S/C44H28N2/c1-3-15-33-29(11-1)13-9-19-34(33)31-23-25-32(26-24-31)45-41-21-8-6-18-38(41)43-42(45)28-27-37-36-17-5-7-20-40(36)46(44(37)43)39-22-10-14-30-12-2-4-16-35(30)39/h1-28H. The summed E-state index contributed by atoms with van der Waals surface area (Å²) in [5, 5.41) is 10.1. The van der Waals surface area contributed by atoms with E-state index in [1.807, 2.05) is 0 Å². The molecule has 0 unspecified atom stereocenters. The number of nitrogens with zero attached hydrogens (tertiary/aromatic N) is 2. The van der Waals surface area contributed by atoms with E-state index < -0.39 is 0 Å². The van der Waals surface area contributed by atoms with Crippen LogP contribution in [0.15, 0.2) is 170 Å². The maximum Gasteiger partial charge on any atom is 0.0641 e. The van der Waals surface area contributed by atoms with Gasteiger partial charge in [0.25, 0.3) is 0 Å². The van der Waals surface area contributed by atoms with E-state index in [1.54, 1.807) is 0 Å². The minimum Gasteiger partial charge on any atom is -0.309 e. The Balaban J connectivity index is 1.28. The quantitative estimate of drug-likeness (QED) is 0.195. The molecule has 10 aromatic rings. The summed E-state index contributed by atoms with van der Waals surface area (Å²) in [7, 11) is 0. The third kappa shape index (κ3) is 3.53. The van der Waals surface area contributed by atoms with E-state index in [9.17, 15) is 0 Å². The van der Waals surface area contributed by atoms with E-state index in [0.29, 0.717) is 0 Å². The average molecular weight is 585 g/mol. The first kappa shape index (κ1) is 25.2. The van der Waals surface area contributed by atoms with Crippen molar-refractivity contribution in [3.63, 3.8) is 0 Å². The summed E-state index contributed by atoms with van der Waals surface area (Å²) < 4.78 is 4.93. The fourth-order valence-electron chi connectivity index (χ4n) is 7.71.